The van der Waals surface area contributed by atoms with E-state index in [1.807, 2.05) is 13.8 Å². The zero-order chi connectivity index (χ0) is 12.0. The van der Waals surface area contributed by atoms with Gasteiger partial charge in [0.05, 0.1) is 12.2 Å². The summed E-state index contributed by atoms with van der Waals surface area (Å²) in [5.74, 6) is 0. The minimum Gasteiger partial charge on any atom is -0.366 e. The van der Waals surface area contributed by atoms with Crippen molar-refractivity contribution in [3.05, 3.63) is 23.8 Å². The van der Waals surface area contributed by atoms with Crippen molar-refractivity contribution >= 4 is 0 Å². The molecule has 0 saturated heterocycles. The SMILES string of the molecule is CCOC(O)COC1(C)C=CC(CC)=CC1. The molecular formula is C13H22O3. The summed E-state index contributed by atoms with van der Waals surface area (Å²) in [7, 11) is 0. The molecule has 0 radical (unpaired) electrons. The van der Waals surface area contributed by atoms with Crippen LogP contribution >= 0.6 is 0 Å². The van der Waals surface area contributed by atoms with Crippen LogP contribution in [0.3, 0.4) is 0 Å². The van der Waals surface area contributed by atoms with Gasteiger partial charge in [0, 0.05) is 6.61 Å². The predicted molar refractivity (Wildman–Crippen MR) is 64.1 cm³/mol. The lowest BCUT2D eigenvalue weighted by molar-refractivity contribution is -0.156. The van der Waals surface area contributed by atoms with E-state index in [0.717, 1.165) is 12.8 Å². The van der Waals surface area contributed by atoms with Gasteiger partial charge in [-0.15, -0.1) is 0 Å². The van der Waals surface area contributed by atoms with Crippen molar-refractivity contribution in [1.29, 1.82) is 0 Å². The summed E-state index contributed by atoms with van der Waals surface area (Å²) < 4.78 is 10.7. The maximum absolute atomic E-state index is 9.41. The average Bonchev–Trinajstić information content (AvgIpc) is 2.28. The van der Waals surface area contributed by atoms with Gasteiger partial charge in [0.2, 0.25) is 0 Å². The molecule has 0 amide bonds. The molecule has 3 nitrogen and oxygen atoms in total. The van der Waals surface area contributed by atoms with Crippen LogP contribution in [0.1, 0.15) is 33.6 Å². The fourth-order valence-corrected chi connectivity index (χ4v) is 1.62. The zero-order valence-corrected chi connectivity index (χ0v) is 10.4. The summed E-state index contributed by atoms with van der Waals surface area (Å²) in [5, 5.41) is 9.41. The summed E-state index contributed by atoms with van der Waals surface area (Å²) in [6.07, 6.45) is 7.42. The van der Waals surface area contributed by atoms with Crippen LogP contribution in [0.15, 0.2) is 23.8 Å². The fraction of sp³-hybridized carbons (Fsp3) is 0.692. The van der Waals surface area contributed by atoms with Gasteiger partial charge in [-0.1, -0.05) is 30.7 Å². The molecule has 16 heavy (non-hydrogen) atoms. The first-order valence-electron chi connectivity index (χ1n) is 5.91. The van der Waals surface area contributed by atoms with E-state index in [9.17, 15) is 5.11 Å². The van der Waals surface area contributed by atoms with Gasteiger partial charge in [-0.25, -0.2) is 0 Å². The Hall–Kier alpha value is -0.640. The third-order valence-electron chi connectivity index (χ3n) is 2.74. The van der Waals surface area contributed by atoms with Gasteiger partial charge in [-0.2, -0.15) is 0 Å². The summed E-state index contributed by atoms with van der Waals surface area (Å²) in [6.45, 7) is 6.71. The standard InChI is InChI=1S/C13H22O3/c1-4-11-6-8-13(3,9-7-11)16-10-12(14)15-5-2/h6-8,12,14H,4-5,9-10H2,1-3H3. The number of ether oxygens (including phenoxy) is 2. The molecular weight excluding hydrogens is 204 g/mol. The molecule has 0 aliphatic heterocycles. The van der Waals surface area contributed by atoms with E-state index in [-0.39, 0.29) is 12.2 Å². The van der Waals surface area contributed by atoms with E-state index in [0.29, 0.717) is 6.61 Å². The molecule has 0 spiro atoms. The van der Waals surface area contributed by atoms with E-state index in [4.69, 9.17) is 9.47 Å². The monoisotopic (exact) mass is 226 g/mol. The van der Waals surface area contributed by atoms with Gasteiger partial charge < -0.3 is 14.6 Å². The molecule has 2 atom stereocenters. The number of hydrogen-bond acceptors (Lipinski definition) is 3. The molecule has 0 heterocycles. The molecule has 0 aromatic rings. The highest BCUT2D eigenvalue weighted by molar-refractivity contribution is 5.27. The van der Waals surface area contributed by atoms with Crippen LogP contribution < -0.4 is 0 Å². The predicted octanol–water partition coefficient (Wildman–Crippen LogP) is 2.41. The summed E-state index contributed by atoms with van der Waals surface area (Å²) in [4.78, 5) is 0. The van der Waals surface area contributed by atoms with Crippen LogP contribution in [0.4, 0.5) is 0 Å². The van der Waals surface area contributed by atoms with Gasteiger partial charge in [0.1, 0.15) is 0 Å². The van der Waals surface area contributed by atoms with Crippen molar-refractivity contribution in [2.24, 2.45) is 0 Å². The Morgan fingerprint density at radius 2 is 2.25 bits per heavy atom. The zero-order valence-electron chi connectivity index (χ0n) is 10.4. The molecule has 0 bridgehead atoms. The van der Waals surface area contributed by atoms with Gasteiger partial charge in [0.15, 0.2) is 6.29 Å². The Kier molecular flexibility index (Phi) is 5.19. The molecule has 2 unspecified atom stereocenters. The number of aliphatic hydroxyl groups is 1. The molecule has 0 aromatic carbocycles. The molecule has 1 aliphatic carbocycles. The average molecular weight is 226 g/mol. The number of rotatable bonds is 6. The Morgan fingerprint density at radius 1 is 1.50 bits per heavy atom. The first-order chi connectivity index (χ1) is 7.59. The number of allylic oxidation sites excluding steroid dienone is 2. The van der Waals surface area contributed by atoms with Crippen molar-refractivity contribution in [2.75, 3.05) is 13.2 Å². The largest absolute Gasteiger partial charge is 0.366 e. The van der Waals surface area contributed by atoms with Crippen LogP contribution in [0.25, 0.3) is 0 Å². The van der Waals surface area contributed by atoms with Crippen LogP contribution in [0, 0.1) is 0 Å². The molecule has 3 heteroatoms. The van der Waals surface area contributed by atoms with E-state index in [1.165, 1.54) is 5.57 Å². The summed E-state index contributed by atoms with van der Waals surface area (Å²) in [6, 6.07) is 0. The maximum atomic E-state index is 9.41. The number of hydrogen-bond donors (Lipinski definition) is 1. The smallest absolute Gasteiger partial charge is 0.178 e. The second-order valence-electron chi connectivity index (χ2n) is 4.20. The van der Waals surface area contributed by atoms with Gasteiger partial charge in [-0.05, 0) is 26.7 Å². The van der Waals surface area contributed by atoms with E-state index < -0.39 is 6.29 Å². The quantitative estimate of drug-likeness (QED) is 0.707. The first kappa shape index (κ1) is 13.4. The van der Waals surface area contributed by atoms with E-state index >= 15 is 0 Å². The summed E-state index contributed by atoms with van der Waals surface area (Å²) in [5.41, 5.74) is 1.03. The third-order valence-corrected chi connectivity index (χ3v) is 2.74. The van der Waals surface area contributed by atoms with E-state index in [1.54, 1.807) is 0 Å². The van der Waals surface area contributed by atoms with Gasteiger partial charge in [-0.3, -0.25) is 0 Å². The van der Waals surface area contributed by atoms with Crippen LogP contribution in [0.5, 0.6) is 0 Å². The van der Waals surface area contributed by atoms with Crippen LogP contribution in [-0.2, 0) is 9.47 Å². The lowest BCUT2D eigenvalue weighted by Crippen LogP contribution is -2.32. The molecule has 1 rings (SSSR count). The fourth-order valence-electron chi connectivity index (χ4n) is 1.62. The topological polar surface area (TPSA) is 38.7 Å². The minimum absolute atomic E-state index is 0.212. The third kappa shape index (κ3) is 4.08. The van der Waals surface area contributed by atoms with Crippen molar-refractivity contribution < 1.29 is 14.6 Å². The second kappa shape index (κ2) is 6.18. The minimum atomic E-state index is -0.827. The van der Waals surface area contributed by atoms with Crippen LogP contribution in [0.2, 0.25) is 0 Å². The van der Waals surface area contributed by atoms with Crippen molar-refractivity contribution in [3.8, 4) is 0 Å². The molecule has 92 valence electrons. The summed E-state index contributed by atoms with van der Waals surface area (Å²) >= 11 is 0. The first-order valence-corrected chi connectivity index (χ1v) is 5.91. The molecule has 1 N–H and O–H groups in total. The molecule has 1 aliphatic rings. The lowest BCUT2D eigenvalue weighted by atomic mass is 9.93. The highest BCUT2D eigenvalue weighted by atomic mass is 16.6. The normalized spacial score (nSPS) is 26.6. The highest BCUT2D eigenvalue weighted by Crippen LogP contribution is 2.25. The van der Waals surface area contributed by atoms with Crippen molar-refractivity contribution in [2.45, 2.75) is 45.5 Å². The van der Waals surface area contributed by atoms with Gasteiger partial charge >= 0.3 is 0 Å². The number of aliphatic hydroxyl groups excluding tert-OH is 1. The molecule has 0 aromatic heterocycles. The Bertz CT molecular complexity index is 270. The van der Waals surface area contributed by atoms with E-state index in [2.05, 4.69) is 25.2 Å². The molecule has 0 fully saturated rings. The van der Waals surface area contributed by atoms with Crippen molar-refractivity contribution in [3.63, 3.8) is 0 Å². The second-order valence-corrected chi connectivity index (χ2v) is 4.20. The van der Waals surface area contributed by atoms with Crippen molar-refractivity contribution in [1.82, 2.24) is 0 Å². The maximum Gasteiger partial charge on any atom is 0.178 e. The van der Waals surface area contributed by atoms with Gasteiger partial charge in [0.25, 0.3) is 0 Å². The highest BCUT2D eigenvalue weighted by Gasteiger charge is 2.24. The molecule has 0 saturated carbocycles. The lowest BCUT2D eigenvalue weighted by Gasteiger charge is -2.29. The Balaban J connectivity index is 2.38. The Labute approximate surface area is 97.8 Å². The Morgan fingerprint density at radius 3 is 2.75 bits per heavy atom. The van der Waals surface area contributed by atoms with Crippen LogP contribution in [-0.4, -0.2) is 30.2 Å².